The van der Waals surface area contributed by atoms with Gasteiger partial charge >= 0.3 is 0 Å². The Balaban J connectivity index is 2.32. The van der Waals surface area contributed by atoms with Crippen molar-refractivity contribution < 1.29 is 0 Å². The minimum Gasteiger partial charge on any atom is -0.389 e. The van der Waals surface area contributed by atoms with Crippen molar-refractivity contribution in [2.75, 3.05) is 5.73 Å². The molecule has 0 aliphatic heterocycles. The highest BCUT2D eigenvalue weighted by Crippen LogP contribution is 2.30. The van der Waals surface area contributed by atoms with Crippen molar-refractivity contribution in [3.05, 3.63) is 17.4 Å². The zero-order chi connectivity index (χ0) is 11.5. The van der Waals surface area contributed by atoms with Crippen LogP contribution in [0.15, 0.2) is 12.4 Å². The normalized spacial score (nSPS) is 10.9. The largest absolute Gasteiger partial charge is 0.389 e. The molecule has 0 saturated carbocycles. The summed E-state index contributed by atoms with van der Waals surface area (Å²) in [5.41, 5.74) is 7.87. The number of nitrogens with two attached hydrogens (primary N) is 1. The van der Waals surface area contributed by atoms with E-state index < -0.39 is 0 Å². The number of thiazole rings is 1. The monoisotopic (exact) mass is 236 g/mol. The first-order chi connectivity index (χ1) is 7.74. The Hall–Kier alpha value is -1.36. The van der Waals surface area contributed by atoms with Crippen molar-refractivity contribution in [3.63, 3.8) is 0 Å². The van der Waals surface area contributed by atoms with E-state index in [4.69, 9.17) is 5.73 Å². The van der Waals surface area contributed by atoms with Crippen molar-refractivity contribution in [3.8, 4) is 11.3 Å². The second-order valence-corrected chi connectivity index (χ2v) is 4.77. The molecule has 0 fully saturated rings. The molecule has 0 saturated heterocycles. The van der Waals surface area contributed by atoms with E-state index in [2.05, 4.69) is 23.9 Å². The van der Waals surface area contributed by atoms with Crippen LogP contribution in [0.2, 0.25) is 0 Å². The lowest BCUT2D eigenvalue weighted by Gasteiger charge is -1.92. The van der Waals surface area contributed by atoms with E-state index in [1.54, 1.807) is 11.3 Å². The number of nitrogen functional groups attached to an aromatic ring is 1. The third kappa shape index (κ3) is 2.09. The van der Waals surface area contributed by atoms with Crippen LogP contribution in [0, 0.1) is 0 Å². The van der Waals surface area contributed by atoms with Gasteiger partial charge < -0.3 is 5.73 Å². The number of aromatic nitrogens is 3. The highest BCUT2D eigenvalue weighted by atomic mass is 32.1. The lowest BCUT2D eigenvalue weighted by molar-refractivity contribution is 0.660. The number of hydrogen-bond acceptors (Lipinski definition) is 4. The molecular formula is C11H16N4S. The molecule has 2 aromatic heterocycles. The van der Waals surface area contributed by atoms with Gasteiger partial charge in [-0.1, -0.05) is 6.92 Å². The molecule has 0 aliphatic rings. The zero-order valence-corrected chi connectivity index (χ0v) is 10.4. The molecule has 0 bridgehead atoms. The van der Waals surface area contributed by atoms with Gasteiger partial charge in [0.05, 0.1) is 11.2 Å². The average molecular weight is 236 g/mol. The summed E-state index contributed by atoms with van der Waals surface area (Å²) in [6, 6.07) is 0. The fourth-order valence-electron chi connectivity index (χ4n) is 1.56. The molecule has 0 radical (unpaired) electrons. The van der Waals surface area contributed by atoms with Gasteiger partial charge in [0.2, 0.25) is 0 Å². The third-order valence-electron chi connectivity index (χ3n) is 2.39. The molecule has 2 rings (SSSR count). The van der Waals surface area contributed by atoms with E-state index in [1.807, 2.05) is 17.1 Å². The van der Waals surface area contributed by atoms with Crippen LogP contribution in [-0.4, -0.2) is 14.8 Å². The zero-order valence-electron chi connectivity index (χ0n) is 9.60. The second-order valence-electron chi connectivity index (χ2n) is 3.66. The van der Waals surface area contributed by atoms with Crippen LogP contribution in [0.4, 0.5) is 5.00 Å². The number of anilines is 1. The van der Waals surface area contributed by atoms with Gasteiger partial charge in [0.1, 0.15) is 10.7 Å². The Morgan fingerprint density at radius 3 is 2.88 bits per heavy atom. The van der Waals surface area contributed by atoms with Crippen molar-refractivity contribution >= 4 is 16.3 Å². The van der Waals surface area contributed by atoms with E-state index in [9.17, 15) is 0 Å². The van der Waals surface area contributed by atoms with Gasteiger partial charge in [0.25, 0.3) is 0 Å². The fraction of sp³-hybridized carbons (Fsp3) is 0.455. The number of hydrogen-bond donors (Lipinski definition) is 1. The van der Waals surface area contributed by atoms with Gasteiger partial charge in [-0.15, -0.1) is 11.3 Å². The summed E-state index contributed by atoms with van der Waals surface area (Å²) in [5, 5.41) is 6.13. The van der Waals surface area contributed by atoms with Crippen LogP contribution in [0.3, 0.4) is 0 Å². The summed E-state index contributed by atoms with van der Waals surface area (Å²) in [5.74, 6) is 0. The maximum atomic E-state index is 5.97. The summed E-state index contributed by atoms with van der Waals surface area (Å²) in [4.78, 5) is 4.56. The van der Waals surface area contributed by atoms with E-state index in [-0.39, 0.29) is 0 Å². The fourth-order valence-corrected chi connectivity index (χ4v) is 2.52. The summed E-state index contributed by atoms with van der Waals surface area (Å²) in [6.07, 6.45) is 5.91. The first kappa shape index (κ1) is 11.1. The lowest BCUT2D eigenvalue weighted by Crippen LogP contribution is -1.92. The number of nitrogens with zero attached hydrogens (tertiary/aromatic N) is 3. The third-order valence-corrected chi connectivity index (χ3v) is 3.34. The van der Waals surface area contributed by atoms with Crippen LogP contribution in [-0.2, 0) is 13.0 Å². The quantitative estimate of drug-likeness (QED) is 0.887. The molecule has 16 heavy (non-hydrogen) atoms. The average Bonchev–Trinajstić information content (AvgIpc) is 2.85. The Kier molecular flexibility index (Phi) is 3.24. The molecule has 0 aliphatic carbocycles. The summed E-state index contributed by atoms with van der Waals surface area (Å²) >= 11 is 1.58. The minimum absolute atomic E-state index is 0.791. The summed E-state index contributed by atoms with van der Waals surface area (Å²) in [7, 11) is 0. The highest BCUT2D eigenvalue weighted by Gasteiger charge is 2.11. The van der Waals surface area contributed by atoms with E-state index in [1.165, 1.54) is 0 Å². The maximum Gasteiger partial charge on any atom is 0.114 e. The van der Waals surface area contributed by atoms with E-state index in [0.717, 1.165) is 40.7 Å². The molecule has 5 heteroatoms. The van der Waals surface area contributed by atoms with E-state index in [0.29, 0.717) is 0 Å². The molecule has 2 N–H and O–H groups in total. The van der Waals surface area contributed by atoms with Crippen LogP contribution < -0.4 is 5.73 Å². The van der Waals surface area contributed by atoms with Crippen molar-refractivity contribution in [2.24, 2.45) is 0 Å². The predicted octanol–water partition coefficient (Wildman–Crippen LogP) is 2.56. The smallest absolute Gasteiger partial charge is 0.114 e. The molecule has 0 unspecified atom stereocenters. The molecule has 86 valence electrons. The van der Waals surface area contributed by atoms with Crippen molar-refractivity contribution in [1.29, 1.82) is 0 Å². The van der Waals surface area contributed by atoms with Gasteiger partial charge in [-0.05, 0) is 19.8 Å². The van der Waals surface area contributed by atoms with E-state index >= 15 is 0 Å². The molecule has 0 spiro atoms. The first-order valence-electron chi connectivity index (χ1n) is 5.52. The van der Waals surface area contributed by atoms with Crippen molar-refractivity contribution in [1.82, 2.24) is 14.8 Å². The second kappa shape index (κ2) is 4.65. The van der Waals surface area contributed by atoms with Crippen molar-refractivity contribution in [2.45, 2.75) is 33.2 Å². The number of rotatable bonds is 4. The first-order valence-corrected chi connectivity index (χ1v) is 6.34. The van der Waals surface area contributed by atoms with Gasteiger partial charge in [0.15, 0.2) is 0 Å². The van der Waals surface area contributed by atoms with Crippen LogP contribution in [0.1, 0.15) is 25.3 Å². The number of aryl methyl sites for hydroxylation is 2. The standard InChI is InChI=1S/C11H16N4S/c1-3-5-9-14-10(11(12)16-9)8-6-13-15(4-2)7-8/h6-7H,3-5,12H2,1-2H3. The maximum absolute atomic E-state index is 5.97. The van der Waals surface area contributed by atoms with Gasteiger partial charge in [-0.25, -0.2) is 4.98 Å². The predicted molar refractivity (Wildman–Crippen MR) is 67.4 cm³/mol. The summed E-state index contributed by atoms with van der Waals surface area (Å²) < 4.78 is 1.88. The van der Waals surface area contributed by atoms with Gasteiger partial charge in [-0.3, -0.25) is 4.68 Å². The minimum atomic E-state index is 0.791. The Bertz CT molecular complexity index is 472. The van der Waals surface area contributed by atoms with Crippen LogP contribution >= 0.6 is 11.3 Å². The van der Waals surface area contributed by atoms with Crippen LogP contribution in [0.5, 0.6) is 0 Å². The Labute approximate surface area is 99.1 Å². The molecule has 2 heterocycles. The SMILES string of the molecule is CCCc1nc(-c2cnn(CC)c2)c(N)s1. The molecule has 0 aromatic carbocycles. The Morgan fingerprint density at radius 1 is 1.44 bits per heavy atom. The molecule has 0 atom stereocenters. The highest BCUT2D eigenvalue weighted by molar-refractivity contribution is 7.16. The topological polar surface area (TPSA) is 56.7 Å². The Morgan fingerprint density at radius 2 is 2.25 bits per heavy atom. The molecule has 4 nitrogen and oxygen atoms in total. The van der Waals surface area contributed by atoms with Gasteiger partial charge in [-0.2, -0.15) is 5.10 Å². The molecule has 0 amide bonds. The van der Waals surface area contributed by atoms with Crippen LogP contribution in [0.25, 0.3) is 11.3 Å². The molecule has 2 aromatic rings. The molecular weight excluding hydrogens is 220 g/mol. The van der Waals surface area contributed by atoms with Gasteiger partial charge in [0, 0.05) is 18.3 Å². The lowest BCUT2D eigenvalue weighted by atomic mass is 10.2. The summed E-state index contributed by atoms with van der Waals surface area (Å²) in [6.45, 7) is 5.07.